The number of fused-ring (bicyclic) bond motifs is 1. The molecule has 0 bridgehead atoms. The zero-order valence-electron chi connectivity index (χ0n) is 16.5. The molecule has 148 valence electrons. The number of hydrogen-bond acceptors (Lipinski definition) is 4. The summed E-state index contributed by atoms with van der Waals surface area (Å²) >= 11 is 0. The van der Waals surface area contributed by atoms with E-state index < -0.39 is 0 Å². The van der Waals surface area contributed by atoms with Gasteiger partial charge in [0.25, 0.3) is 0 Å². The van der Waals surface area contributed by atoms with Crippen molar-refractivity contribution in [3.63, 3.8) is 0 Å². The van der Waals surface area contributed by atoms with E-state index in [1.54, 1.807) is 21.3 Å². The topological polar surface area (TPSA) is 72.6 Å². The SMILES string of the molecule is COCCNC(=O)CC(c1cc(OC)cc(OC)c1)c1c[nH]c2ccccc12. The molecule has 3 aromatic rings. The average molecular weight is 382 g/mol. The Hall–Kier alpha value is -2.99. The van der Waals surface area contributed by atoms with Crippen molar-refractivity contribution in [2.24, 2.45) is 0 Å². The van der Waals surface area contributed by atoms with Crippen molar-refractivity contribution in [1.82, 2.24) is 10.3 Å². The van der Waals surface area contributed by atoms with Gasteiger partial charge in [0.05, 0.1) is 20.8 Å². The lowest BCUT2D eigenvalue weighted by atomic mass is 9.87. The maximum absolute atomic E-state index is 12.6. The zero-order chi connectivity index (χ0) is 19.9. The molecular weight excluding hydrogens is 356 g/mol. The first-order chi connectivity index (χ1) is 13.7. The normalized spacial score (nSPS) is 12.0. The fraction of sp³-hybridized carbons (Fsp3) is 0.318. The van der Waals surface area contributed by atoms with E-state index in [-0.39, 0.29) is 11.8 Å². The van der Waals surface area contributed by atoms with Crippen molar-refractivity contribution in [3.8, 4) is 11.5 Å². The number of H-pyrrole nitrogens is 1. The number of nitrogens with one attached hydrogen (secondary N) is 2. The maximum Gasteiger partial charge on any atom is 0.221 e. The van der Waals surface area contributed by atoms with Gasteiger partial charge in [-0.25, -0.2) is 0 Å². The quantitative estimate of drug-likeness (QED) is 0.556. The Morgan fingerprint density at radius 2 is 1.79 bits per heavy atom. The summed E-state index contributed by atoms with van der Waals surface area (Å²) in [5.74, 6) is 1.20. The van der Waals surface area contributed by atoms with E-state index >= 15 is 0 Å². The molecule has 6 heteroatoms. The highest BCUT2D eigenvalue weighted by molar-refractivity contribution is 5.86. The summed E-state index contributed by atoms with van der Waals surface area (Å²) < 4.78 is 15.9. The van der Waals surface area contributed by atoms with Crippen LogP contribution in [0.1, 0.15) is 23.5 Å². The van der Waals surface area contributed by atoms with Gasteiger partial charge in [0, 0.05) is 49.2 Å². The predicted molar refractivity (Wildman–Crippen MR) is 109 cm³/mol. The van der Waals surface area contributed by atoms with E-state index in [1.165, 1.54) is 0 Å². The largest absolute Gasteiger partial charge is 0.497 e. The van der Waals surface area contributed by atoms with E-state index in [0.717, 1.165) is 22.0 Å². The zero-order valence-corrected chi connectivity index (χ0v) is 16.5. The molecular formula is C22H26N2O4. The minimum absolute atomic E-state index is 0.0332. The molecule has 1 heterocycles. The van der Waals surface area contributed by atoms with Crippen molar-refractivity contribution < 1.29 is 19.0 Å². The minimum atomic E-state index is -0.150. The van der Waals surface area contributed by atoms with Crippen LogP contribution < -0.4 is 14.8 Å². The fourth-order valence-corrected chi connectivity index (χ4v) is 3.37. The number of methoxy groups -OCH3 is 3. The Balaban J connectivity index is 2.01. The molecule has 1 atom stereocenters. The van der Waals surface area contributed by atoms with Gasteiger partial charge in [0.2, 0.25) is 5.91 Å². The van der Waals surface area contributed by atoms with Crippen molar-refractivity contribution >= 4 is 16.8 Å². The molecule has 0 aliphatic carbocycles. The number of hydrogen-bond donors (Lipinski definition) is 2. The molecule has 0 aliphatic heterocycles. The van der Waals surface area contributed by atoms with Gasteiger partial charge in [-0.3, -0.25) is 4.79 Å². The third-order valence-electron chi connectivity index (χ3n) is 4.79. The Kier molecular flexibility index (Phi) is 6.55. The number of benzene rings is 2. The number of para-hydroxylation sites is 1. The minimum Gasteiger partial charge on any atom is -0.497 e. The van der Waals surface area contributed by atoms with E-state index in [1.807, 2.05) is 42.6 Å². The summed E-state index contributed by atoms with van der Waals surface area (Å²) in [4.78, 5) is 15.9. The van der Waals surface area contributed by atoms with E-state index in [0.29, 0.717) is 31.1 Å². The third kappa shape index (κ3) is 4.46. The molecule has 0 spiro atoms. The lowest BCUT2D eigenvalue weighted by molar-refractivity contribution is -0.121. The van der Waals surface area contributed by atoms with Crippen molar-refractivity contribution in [1.29, 1.82) is 0 Å². The molecule has 1 amide bonds. The number of amides is 1. The lowest BCUT2D eigenvalue weighted by Crippen LogP contribution is -2.28. The molecule has 0 saturated heterocycles. The van der Waals surface area contributed by atoms with Gasteiger partial charge in [0.15, 0.2) is 0 Å². The van der Waals surface area contributed by atoms with Crippen molar-refractivity contribution in [2.45, 2.75) is 12.3 Å². The predicted octanol–water partition coefficient (Wildman–Crippen LogP) is 3.47. The second-order valence-corrected chi connectivity index (χ2v) is 6.54. The first-order valence-corrected chi connectivity index (χ1v) is 9.21. The summed E-state index contributed by atoms with van der Waals surface area (Å²) in [5, 5.41) is 4.01. The van der Waals surface area contributed by atoms with Crippen LogP contribution in [0.2, 0.25) is 0 Å². The first kappa shape index (κ1) is 19.8. The molecule has 0 saturated carbocycles. The molecule has 28 heavy (non-hydrogen) atoms. The lowest BCUT2D eigenvalue weighted by Gasteiger charge is -2.19. The van der Waals surface area contributed by atoms with Crippen LogP contribution in [0.15, 0.2) is 48.7 Å². The maximum atomic E-state index is 12.6. The van der Waals surface area contributed by atoms with Crippen LogP contribution >= 0.6 is 0 Å². The highest BCUT2D eigenvalue weighted by atomic mass is 16.5. The van der Waals surface area contributed by atoms with Gasteiger partial charge < -0.3 is 24.5 Å². The summed E-state index contributed by atoms with van der Waals surface area (Å²) in [6.07, 6.45) is 2.28. The molecule has 0 aliphatic rings. The standard InChI is InChI=1S/C22H26N2O4/c1-26-9-8-23-22(25)13-19(15-10-16(27-2)12-17(11-15)28-3)20-14-24-21-7-5-4-6-18(20)21/h4-7,10-12,14,19,24H,8-9,13H2,1-3H3,(H,23,25). The Bertz CT molecular complexity index is 913. The van der Waals surface area contributed by atoms with Gasteiger partial charge in [-0.05, 0) is 29.3 Å². The van der Waals surface area contributed by atoms with Gasteiger partial charge in [-0.2, -0.15) is 0 Å². The van der Waals surface area contributed by atoms with Gasteiger partial charge in [-0.1, -0.05) is 18.2 Å². The summed E-state index contributed by atoms with van der Waals surface area (Å²) in [5.41, 5.74) is 3.06. The monoisotopic (exact) mass is 382 g/mol. The number of carbonyl (C=O) groups is 1. The smallest absolute Gasteiger partial charge is 0.221 e. The first-order valence-electron chi connectivity index (χ1n) is 9.21. The molecule has 2 aromatic carbocycles. The van der Waals surface area contributed by atoms with E-state index in [9.17, 15) is 4.79 Å². The molecule has 0 radical (unpaired) electrons. The van der Waals surface area contributed by atoms with E-state index in [4.69, 9.17) is 14.2 Å². The second kappa shape index (κ2) is 9.28. The second-order valence-electron chi connectivity index (χ2n) is 6.54. The molecule has 0 fully saturated rings. The highest BCUT2D eigenvalue weighted by Crippen LogP contribution is 2.36. The molecule has 2 N–H and O–H groups in total. The molecule has 3 rings (SSSR count). The molecule has 1 aromatic heterocycles. The Labute approximate surface area is 164 Å². The molecule has 1 unspecified atom stereocenters. The van der Waals surface area contributed by atoms with Crippen LogP contribution in [-0.4, -0.2) is 45.4 Å². The van der Waals surface area contributed by atoms with Crippen LogP contribution in [0.5, 0.6) is 11.5 Å². The van der Waals surface area contributed by atoms with Gasteiger partial charge in [-0.15, -0.1) is 0 Å². The number of carbonyl (C=O) groups excluding carboxylic acids is 1. The summed E-state index contributed by atoms with van der Waals surface area (Å²) in [6.45, 7) is 0.966. The van der Waals surface area contributed by atoms with Crippen LogP contribution in [0.25, 0.3) is 10.9 Å². The Morgan fingerprint density at radius 3 is 2.46 bits per heavy atom. The van der Waals surface area contributed by atoms with Crippen molar-refractivity contribution in [3.05, 3.63) is 59.8 Å². The average Bonchev–Trinajstić information content (AvgIpc) is 3.15. The Morgan fingerprint density at radius 1 is 1.07 bits per heavy atom. The third-order valence-corrected chi connectivity index (χ3v) is 4.79. The summed E-state index contributed by atoms with van der Waals surface area (Å²) in [6, 6.07) is 13.8. The van der Waals surface area contributed by atoms with E-state index in [2.05, 4.69) is 16.4 Å². The highest BCUT2D eigenvalue weighted by Gasteiger charge is 2.22. The summed E-state index contributed by atoms with van der Waals surface area (Å²) in [7, 11) is 4.86. The van der Waals surface area contributed by atoms with Crippen LogP contribution in [0.4, 0.5) is 0 Å². The van der Waals surface area contributed by atoms with Gasteiger partial charge in [0.1, 0.15) is 11.5 Å². The number of aromatic amines is 1. The fourth-order valence-electron chi connectivity index (χ4n) is 3.37. The number of aromatic nitrogens is 1. The van der Waals surface area contributed by atoms with Crippen LogP contribution in [0.3, 0.4) is 0 Å². The molecule has 6 nitrogen and oxygen atoms in total. The van der Waals surface area contributed by atoms with Crippen LogP contribution in [0, 0.1) is 0 Å². The number of ether oxygens (including phenoxy) is 3. The van der Waals surface area contributed by atoms with Crippen LogP contribution in [-0.2, 0) is 9.53 Å². The van der Waals surface area contributed by atoms with Gasteiger partial charge >= 0.3 is 0 Å². The van der Waals surface area contributed by atoms with Crippen molar-refractivity contribution in [2.75, 3.05) is 34.5 Å². The number of rotatable bonds is 9.